The number of pyridine rings is 1. The van der Waals surface area contributed by atoms with Crippen LogP contribution in [0.25, 0.3) is 5.65 Å². The fraction of sp³-hybridized carbons (Fsp3) is 0.333. The lowest BCUT2D eigenvalue weighted by molar-refractivity contribution is 0.126. The lowest BCUT2D eigenvalue weighted by Gasteiger charge is -2.26. The molecule has 130 valence electrons. The van der Waals surface area contributed by atoms with Crippen molar-refractivity contribution in [1.29, 1.82) is 0 Å². The molecule has 6 nitrogen and oxygen atoms in total. The van der Waals surface area contributed by atoms with Crippen molar-refractivity contribution < 1.29 is 5.11 Å². The Balaban J connectivity index is 1.54. The Morgan fingerprint density at radius 3 is 2.56 bits per heavy atom. The molecule has 0 atom stereocenters. The third-order valence-corrected chi connectivity index (χ3v) is 4.76. The van der Waals surface area contributed by atoms with Crippen LogP contribution in [0.1, 0.15) is 25.7 Å². The summed E-state index contributed by atoms with van der Waals surface area (Å²) in [4.78, 5) is 4.52. The highest BCUT2D eigenvalue weighted by molar-refractivity contribution is 6.30. The second-order valence-corrected chi connectivity index (χ2v) is 6.83. The first kappa shape index (κ1) is 16.2. The predicted molar refractivity (Wildman–Crippen MR) is 99.6 cm³/mol. The van der Waals surface area contributed by atoms with E-state index in [-0.39, 0.29) is 6.10 Å². The summed E-state index contributed by atoms with van der Waals surface area (Å²) in [5.74, 6) is 1.45. The second kappa shape index (κ2) is 6.90. The molecule has 7 heteroatoms. The number of aliphatic hydroxyl groups is 1. The highest BCUT2D eigenvalue weighted by atomic mass is 35.5. The van der Waals surface area contributed by atoms with Gasteiger partial charge in [-0.25, -0.2) is 0 Å². The molecule has 3 aromatic rings. The first-order valence-electron chi connectivity index (χ1n) is 8.50. The molecule has 25 heavy (non-hydrogen) atoms. The monoisotopic (exact) mass is 357 g/mol. The minimum atomic E-state index is -0.157. The van der Waals surface area contributed by atoms with Crippen molar-refractivity contribution in [3.05, 3.63) is 47.5 Å². The van der Waals surface area contributed by atoms with E-state index < -0.39 is 0 Å². The van der Waals surface area contributed by atoms with E-state index in [1.54, 1.807) is 0 Å². The maximum atomic E-state index is 9.65. The SMILES string of the molecule is OC1CCC(Nc2cccc3nc(Nc4ccc(Cl)cc4)nn23)CC1. The first-order valence-corrected chi connectivity index (χ1v) is 8.88. The molecule has 1 aromatic carbocycles. The van der Waals surface area contributed by atoms with Crippen LogP contribution in [0.15, 0.2) is 42.5 Å². The summed E-state index contributed by atoms with van der Waals surface area (Å²) in [6.07, 6.45) is 3.45. The van der Waals surface area contributed by atoms with Crippen molar-refractivity contribution in [1.82, 2.24) is 14.6 Å². The van der Waals surface area contributed by atoms with Gasteiger partial charge in [0.05, 0.1) is 6.10 Å². The van der Waals surface area contributed by atoms with Crippen molar-refractivity contribution >= 4 is 34.7 Å². The number of aromatic nitrogens is 3. The zero-order chi connectivity index (χ0) is 17.2. The molecule has 0 radical (unpaired) electrons. The molecule has 1 fully saturated rings. The topological polar surface area (TPSA) is 74.5 Å². The van der Waals surface area contributed by atoms with Gasteiger partial charge in [-0.1, -0.05) is 17.7 Å². The van der Waals surface area contributed by atoms with Crippen LogP contribution in [0.2, 0.25) is 5.02 Å². The van der Waals surface area contributed by atoms with E-state index in [4.69, 9.17) is 11.6 Å². The Labute approximate surface area is 150 Å². The highest BCUT2D eigenvalue weighted by Crippen LogP contribution is 2.23. The lowest BCUT2D eigenvalue weighted by atomic mass is 9.93. The number of aliphatic hydroxyl groups excluding tert-OH is 1. The average molecular weight is 358 g/mol. The van der Waals surface area contributed by atoms with Crippen LogP contribution in [0, 0.1) is 0 Å². The van der Waals surface area contributed by atoms with Gasteiger partial charge in [-0.05, 0) is 62.1 Å². The maximum Gasteiger partial charge on any atom is 0.247 e. The Kier molecular flexibility index (Phi) is 4.46. The van der Waals surface area contributed by atoms with Crippen molar-refractivity contribution in [2.75, 3.05) is 10.6 Å². The summed E-state index contributed by atoms with van der Waals surface area (Å²) < 4.78 is 1.81. The molecule has 2 aromatic heterocycles. The first-order chi connectivity index (χ1) is 12.2. The molecule has 1 aliphatic carbocycles. The third kappa shape index (κ3) is 3.70. The zero-order valence-electron chi connectivity index (χ0n) is 13.7. The van der Waals surface area contributed by atoms with Crippen LogP contribution in [0.5, 0.6) is 0 Å². The van der Waals surface area contributed by atoms with Gasteiger partial charge in [-0.2, -0.15) is 9.50 Å². The van der Waals surface area contributed by atoms with Gasteiger partial charge in [0.1, 0.15) is 5.82 Å². The molecular weight excluding hydrogens is 338 g/mol. The Hall–Kier alpha value is -2.31. The molecule has 2 heterocycles. The number of anilines is 3. The number of nitrogens with one attached hydrogen (secondary N) is 2. The quantitative estimate of drug-likeness (QED) is 0.661. The van der Waals surface area contributed by atoms with Gasteiger partial charge in [-0.3, -0.25) is 0 Å². The second-order valence-electron chi connectivity index (χ2n) is 6.40. The van der Waals surface area contributed by atoms with Crippen molar-refractivity contribution in [2.45, 2.75) is 37.8 Å². The van der Waals surface area contributed by atoms with Gasteiger partial charge in [0, 0.05) is 16.8 Å². The minimum Gasteiger partial charge on any atom is -0.393 e. The summed E-state index contributed by atoms with van der Waals surface area (Å²) in [7, 11) is 0. The number of halogens is 1. The number of benzene rings is 1. The van der Waals surface area contributed by atoms with Gasteiger partial charge in [-0.15, -0.1) is 5.10 Å². The Morgan fingerprint density at radius 1 is 1.04 bits per heavy atom. The highest BCUT2D eigenvalue weighted by Gasteiger charge is 2.20. The van der Waals surface area contributed by atoms with E-state index in [1.807, 2.05) is 47.0 Å². The van der Waals surface area contributed by atoms with Crippen LogP contribution in [-0.2, 0) is 0 Å². The van der Waals surface area contributed by atoms with Crippen LogP contribution in [0.4, 0.5) is 17.5 Å². The molecule has 0 spiro atoms. The van der Waals surface area contributed by atoms with Gasteiger partial charge in [0.2, 0.25) is 5.95 Å². The molecule has 1 saturated carbocycles. The largest absolute Gasteiger partial charge is 0.393 e. The van der Waals surface area contributed by atoms with E-state index in [0.717, 1.165) is 42.8 Å². The molecule has 4 rings (SSSR count). The van der Waals surface area contributed by atoms with Gasteiger partial charge < -0.3 is 15.7 Å². The Morgan fingerprint density at radius 2 is 1.80 bits per heavy atom. The summed E-state index contributed by atoms with van der Waals surface area (Å²) in [6.45, 7) is 0. The molecule has 0 unspecified atom stereocenters. The fourth-order valence-electron chi connectivity index (χ4n) is 3.16. The van der Waals surface area contributed by atoms with E-state index in [1.165, 1.54) is 0 Å². The summed E-state index contributed by atoms with van der Waals surface area (Å²) >= 11 is 5.91. The normalized spacial score (nSPS) is 20.6. The number of rotatable bonds is 4. The minimum absolute atomic E-state index is 0.157. The molecule has 1 aliphatic rings. The van der Waals surface area contributed by atoms with Crippen LogP contribution < -0.4 is 10.6 Å². The molecule has 0 amide bonds. The molecule has 0 bridgehead atoms. The van der Waals surface area contributed by atoms with Crippen molar-refractivity contribution in [3.63, 3.8) is 0 Å². The predicted octanol–water partition coefficient (Wildman–Crippen LogP) is 3.84. The van der Waals surface area contributed by atoms with Gasteiger partial charge >= 0.3 is 0 Å². The van der Waals surface area contributed by atoms with Crippen LogP contribution in [-0.4, -0.2) is 31.9 Å². The maximum absolute atomic E-state index is 9.65. The van der Waals surface area contributed by atoms with Gasteiger partial charge in [0.25, 0.3) is 0 Å². The molecule has 3 N–H and O–H groups in total. The summed E-state index contributed by atoms with van der Waals surface area (Å²) in [6, 6.07) is 13.7. The van der Waals surface area contributed by atoms with Gasteiger partial charge in [0.15, 0.2) is 5.65 Å². The standard InChI is InChI=1S/C18H20ClN5O/c19-12-4-6-14(7-5-12)21-18-22-17-3-1-2-16(24(17)23-18)20-13-8-10-15(25)11-9-13/h1-7,13,15,20,25H,8-11H2,(H,21,23). The number of hydrogen-bond donors (Lipinski definition) is 3. The van der Waals surface area contributed by atoms with E-state index in [2.05, 4.69) is 20.7 Å². The third-order valence-electron chi connectivity index (χ3n) is 4.51. The number of fused-ring (bicyclic) bond motifs is 1. The van der Waals surface area contributed by atoms with E-state index in [9.17, 15) is 5.11 Å². The summed E-state index contributed by atoms with van der Waals surface area (Å²) in [5.41, 5.74) is 1.66. The molecule has 0 aliphatic heterocycles. The van der Waals surface area contributed by atoms with Crippen molar-refractivity contribution in [3.8, 4) is 0 Å². The summed E-state index contributed by atoms with van der Waals surface area (Å²) in [5, 5.41) is 21.6. The zero-order valence-corrected chi connectivity index (χ0v) is 14.4. The molecular formula is C18H20ClN5O. The number of nitrogens with zero attached hydrogens (tertiary/aromatic N) is 3. The number of hydrogen-bond acceptors (Lipinski definition) is 5. The lowest BCUT2D eigenvalue weighted by Crippen LogP contribution is -2.29. The van der Waals surface area contributed by atoms with Crippen molar-refractivity contribution in [2.24, 2.45) is 0 Å². The molecule has 0 saturated heterocycles. The van der Waals surface area contributed by atoms with E-state index >= 15 is 0 Å². The smallest absolute Gasteiger partial charge is 0.247 e. The van der Waals surface area contributed by atoms with Crippen LogP contribution >= 0.6 is 11.6 Å². The van der Waals surface area contributed by atoms with Crippen LogP contribution in [0.3, 0.4) is 0 Å². The van der Waals surface area contributed by atoms with E-state index in [0.29, 0.717) is 17.0 Å². The fourth-order valence-corrected chi connectivity index (χ4v) is 3.29. The Bertz CT molecular complexity index is 856. The average Bonchev–Trinajstić information content (AvgIpc) is 3.02.